The van der Waals surface area contributed by atoms with E-state index in [-0.39, 0.29) is 0 Å². The summed E-state index contributed by atoms with van der Waals surface area (Å²) in [6.45, 7) is 4.57. The Kier molecular flexibility index (Phi) is 3.56. The van der Waals surface area contributed by atoms with Crippen LogP contribution in [0.15, 0.2) is 22.3 Å². The first-order valence-corrected chi connectivity index (χ1v) is 9.47. The molecular formula is C20H27ClO. The molecule has 0 radical (unpaired) electrons. The van der Waals surface area contributed by atoms with E-state index in [1.54, 1.807) is 5.57 Å². The molecule has 4 rings (SSSR count). The van der Waals surface area contributed by atoms with Crippen LogP contribution in [-0.4, -0.2) is 5.78 Å². The highest BCUT2D eigenvalue weighted by Crippen LogP contribution is 2.64. The Morgan fingerprint density at radius 3 is 2.73 bits per heavy atom. The topological polar surface area (TPSA) is 17.1 Å². The zero-order valence-electron chi connectivity index (χ0n) is 13.8. The van der Waals surface area contributed by atoms with E-state index in [4.69, 9.17) is 11.6 Å². The predicted molar refractivity (Wildman–Crippen MR) is 90.6 cm³/mol. The number of carbonyl (C=O) groups excluding carboxylic acids is 1. The van der Waals surface area contributed by atoms with Crippen LogP contribution in [0.25, 0.3) is 0 Å². The van der Waals surface area contributed by atoms with E-state index in [9.17, 15) is 4.79 Å². The molecule has 5 atom stereocenters. The number of hydrogen-bond acceptors (Lipinski definition) is 1. The molecular weight excluding hydrogens is 292 g/mol. The fraction of sp³-hybridized carbons (Fsp3) is 0.750. The van der Waals surface area contributed by atoms with Gasteiger partial charge in [-0.05, 0) is 92.6 Å². The van der Waals surface area contributed by atoms with Gasteiger partial charge in [-0.15, -0.1) is 0 Å². The molecule has 3 saturated carbocycles. The smallest absolute Gasteiger partial charge is 0.155 e. The maximum atomic E-state index is 11.7. The highest BCUT2D eigenvalue weighted by Gasteiger charge is 2.54. The normalized spacial score (nSPS) is 46.5. The van der Waals surface area contributed by atoms with Gasteiger partial charge in [-0.25, -0.2) is 0 Å². The summed E-state index contributed by atoms with van der Waals surface area (Å²) in [4.78, 5) is 11.7. The highest BCUT2D eigenvalue weighted by atomic mass is 35.5. The van der Waals surface area contributed by atoms with Gasteiger partial charge in [-0.1, -0.05) is 24.1 Å². The van der Waals surface area contributed by atoms with Gasteiger partial charge in [0.15, 0.2) is 5.78 Å². The molecule has 2 heteroatoms. The molecule has 22 heavy (non-hydrogen) atoms. The number of hydrogen-bond donors (Lipinski definition) is 0. The Balaban J connectivity index is 1.65. The second-order valence-electron chi connectivity index (χ2n) is 8.31. The number of ketones is 1. The van der Waals surface area contributed by atoms with E-state index < -0.39 is 0 Å². The lowest BCUT2D eigenvalue weighted by Gasteiger charge is -2.53. The van der Waals surface area contributed by atoms with Crippen molar-refractivity contribution in [3.05, 3.63) is 22.3 Å². The molecule has 3 fully saturated rings. The predicted octanol–water partition coefficient (Wildman–Crippen LogP) is 5.64. The molecule has 0 bridgehead atoms. The first-order valence-electron chi connectivity index (χ1n) is 9.10. The van der Waals surface area contributed by atoms with Crippen molar-refractivity contribution >= 4 is 17.4 Å². The van der Waals surface area contributed by atoms with Crippen LogP contribution in [0.2, 0.25) is 0 Å². The van der Waals surface area contributed by atoms with Crippen LogP contribution >= 0.6 is 11.6 Å². The summed E-state index contributed by atoms with van der Waals surface area (Å²) < 4.78 is 0. The van der Waals surface area contributed by atoms with E-state index in [1.807, 2.05) is 6.08 Å². The summed E-state index contributed by atoms with van der Waals surface area (Å²) in [5, 5.41) is 1.06. The number of halogens is 1. The molecule has 0 amide bonds. The second kappa shape index (κ2) is 5.23. The fourth-order valence-corrected chi connectivity index (χ4v) is 6.87. The Morgan fingerprint density at radius 1 is 1.14 bits per heavy atom. The van der Waals surface area contributed by atoms with Crippen molar-refractivity contribution in [1.29, 1.82) is 0 Å². The third-order valence-corrected chi connectivity index (χ3v) is 7.73. The minimum Gasteiger partial charge on any atom is -0.295 e. The Labute approximate surface area is 139 Å². The van der Waals surface area contributed by atoms with Crippen molar-refractivity contribution in [3.8, 4) is 0 Å². The van der Waals surface area contributed by atoms with Crippen LogP contribution in [0.1, 0.15) is 65.2 Å². The van der Waals surface area contributed by atoms with Gasteiger partial charge in [0.25, 0.3) is 0 Å². The summed E-state index contributed by atoms with van der Waals surface area (Å²) in [6.07, 6.45) is 11.6. The first kappa shape index (κ1) is 15.0. The lowest BCUT2D eigenvalue weighted by atomic mass is 9.52. The van der Waals surface area contributed by atoms with Gasteiger partial charge in [0.05, 0.1) is 0 Å². The maximum absolute atomic E-state index is 11.7. The van der Waals surface area contributed by atoms with Crippen molar-refractivity contribution in [1.82, 2.24) is 0 Å². The summed E-state index contributed by atoms with van der Waals surface area (Å²) in [7, 11) is 0. The molecule has 0 aromatic heterocycles. The highest BCUT2D eigenvalue weighted by molar-refractivity contribution is 6.29. The van der Waals surface area contributed by atoms with E-state index in [0.717, 1.165) is 35.6 Å². The van der Waals surface area contributed by atoms with Crippen molar-refractivity contribution in [3.63, 3.8) is 0 Å². The molecule has 0 saturated heterocycles. The molecule has 4 aliphatic carbocycles. The van der Waals surface area contributed by atoms with Crippen LogP contribution in [-0.2, 0) is 4.79 Å². The van der Waals surface area contributed by atoms with Crippen molar-refractivity contribution < 1.29 is 4.79 Å². The van der Waals surface area contributed by atoms with Crippen LogP contribution in [0.5, 0.6) is 0 Å². The summed E-state index contributed by atoms with van der Waals surface area (Å²) in [5.74, 6) is 3.61. The van der Waals surface area contributed by atoms with Gasteiger partial charge in [0, 0.05) is 11.5 Å². The third-order valence-electron chi connectivity index (χ3n) is 7.50. The zero-order valence-corrected chi connectivity index (χ0v) is 14.6. The largest absolute Gasteiger partial charge is 0.295 e. The monoisotopic (exact) mass is 318 g/mol. The van der Waals surface area contributed by atoms with Crippen LogP contribution < -0.4 is 0 Å². The molecule has 0 aromatic rings. The Morgan fingerprint density at radius 2 is 1.95 bits per heavy atom. The van der Waals surface area contributed by atoms with Gasteiger partial charge >= 0.3 is 0 Å². The molecule has 1 nitrogen and oxygen atoms in total. The molecule has 0 unspecified atom stereocenters. The summed E-state index contributed by atoms with van der Waals surface area (Å²) in [5.41, 5.74) is 3.40. The Bertz CT molecular complexity index is 568. The fourth-order valence-electron chi connectivity index (χ4n) is 6.56. The van der Waals surface area contributed by atoms with Crippen molar-refractivity contribution in [2.45, 2.75) is 65.2 Å². The number of rotatable bonds is 0. The van der Waals surface area contributed by atoms with E-state index in [0.29, 0.717) is 17.1 Å². The Hall–Kier alpha value is -0.560. The average molecular weight is 319 g/mol. The maximum Gasteiger partial charge on any atom is 0.155 e. The zero-order chi connectivity index (χ0) is 15.5. The quantitative estimate of drug-likeness (QED) is 0.564. The van der Waals surface area contributed by atoms with Gasteiger partial charge < -0.3 is 0 Å². The van der Waals surface area contributed by atoms with E-state index >= 15 is 0 Å². The van der Waals surface area contributed by atoms with Gasteiger partial charge in [-0.2, -0.15) is 0 Å². The lowest BCUT2D eigenvalue weighted by Crippen LogP contribution is -2.45. The minimum atomic E-state index is 0.360. The lowest BCUT2D eigenvalue weighted by molar-refractivity contribution is -0.115. The van der Waals surface area contributed by atoms with Crippen LogP contribution in [0.3, 0.4) is 0 Å². The number of carbonyl (C=O) groups is 1. The van der Waals surface area contributed by atoms with Crippen LogP contribution in [0.4, 0.5) is 0 Å². The van der Waals surface area contributed by atoms with E-state index in [1.165, 1.54) is 44.1 Å². The van der Waals surface area contributed by atoms with Crippen molar-refractivity contribution in [2.24, 2.45) is 29.1 Å². The van der Waals surface area contributed by atoms with Gasteiger partial charge in [-0.3, -0.25) is 4.79 Å². The molecule has 0 spiro atoms. The second-order valence-corrected chi connectivity index (χ2v) is 8.88. The van der Waals surface area contributed by atoms with Gasteiger partial charge in [0.2, 0.25) is 0 Å². The average Bonchev–Trinajstić information content (AvgIpc) is 2.84. The molecule has 0 heterocycles. The van der Waals surface area contributed by atoms with Crippen LogP contribution in [0, 0.1) is 29.1 Å². The van der Waals surface area contributed by atoms with E-state index in [2.05, 4.69) is 13.8 Å². The van der Waals surface area contributed by atoms with Crippen molar-refractivity contribution in [2.75, 3.05) is 0 Å². The molecule has 120 valence electrons. The van der Waals surface area contributed by atoms with Gasteiger partial charge in [0.1, 0.15) is 0 Å². The number of fused-ring (bicyclic) bond motifs is 5. The minimum absolute atomic E-state index is 0.360. The number of allylic oxidation sites excluding steroid dienone is 3. The summed E-state index contributed by atoms with van der Waals surface area (Å²) in [6, 6.07) is 0. The molecule has 0 aliphatic heterocycles. The molecule has 0 aromatic carbocycles. The molecule has 4 aliphatic rings. The molecule has 0 N–H and O–H groups in total. The summed E-state index contributed by atoms with van der Waals surface area (Å²) >= 11 is 6.43. The SMILES string of the molecule is CC(Cl)=C1CC[C@H]2[C@@H]3CCC4=CC(=O)CC[C@@H]4[C@H]3CC[C@]12C. The first-order chi connectivity index (χ1) is 10.5. The third kappa shape index (κ3) is 2.08. The standard InChI is InChI=1S/C20H27ClO/c1-12(21)18-7-8-19-17-5-3-13-11-14(22)4-6-15(13)16(17)9-10-20(18,19)2/h11,15-17,19H,3-10H2,1-2H3/t15-,16+,17+,19-,20+/m0/s1.